The number of hydrogen-bond donors (Lipinski definition) is 0. The first kappa shape index (κ1) is 18.0. The van der Waals surface area contributed by atoms with Crippen molar-refractivity contribution in [2.45, 2.75) is 13.1 Å². The number of alkyl halides is 3. The van der Waals surface area contributed by atoms with Gasteiger partial charge in [0.2, 0.25) is 0 Å². The van der Waals surface area contributed by atoms with Gasteiger partial charge in [-0.3, -0.25) is 14.2 Å². The summed E-state index contributed by atoms with van der Waals surface area (Å²) in [5.74, 6) is -0.647. The van der Waals surface area contributed by atoms with E-state index in [1.807, 2.05) is 0 Å². The standard InChI is InChI=1S/C18H11ClF3NO3/c1-10(24)26-16-9-17(25)23(15-6-5-12(19)8-14(15)16)13-4-2-3-11(7-13)18(20,21)22/h2-9H,1H3. The molecule has 0 saturated heterocycles. The van der Waals surface area contributed by atoms with Gasteiger partial charge in [0.05, 0.1) is 11.1 Å². The molecule has 0 N–H and O–H groups in total. The van der Waals surface area contributed by atoms with Gasteiger partial charge in [-0.2, -0.15) is 13.2 Å². The molecule has 0 fully saturated rings. The number of benzene rings is 2. The Bertz CT molecular complexity index is 1070. The molecule has 0 spiro atoms. The van der Waals surface area contributed by atoms with Crippen molar-refractivity contribution < 1.29 is 22.7 Å². The summed E-state index contributed by atoms with van der Waals surface area (Å²) in [6.45, 7) is 1.18. The second-order valence-electron chi connectivity index (χ2n) is 5.49. The van der Waals surface area contributed by atoms with E-state index in [1.54, 1.807) is 0 Å². The fourth-order valence-corrected chi connectivity index (χ4v) is 2.77. The number of hydrogen-bond acceptors (Lipinski definition) is 3. The molecule has 0 aliphatic rings. The summed E-state index contributed by atoms with van der Waals surface area (Å²) in [7, 11) is 0. The highest BCUT2D eigenvalue weighted by Crippen LogP contribution is 2.32. The quantitative estimate of drug-likeness (QED) is 0.610. The van der Waals surface area contributed by atoms with Gasteiger partial charge in [-0.25, -0.2) is 0 Å². The molecule has 0 aliphatic carbocycles. The van der Waals surface area contributed by atoms with Crippen molar-refractivity contribution in [3.05, 3.63) is 69.5 Å². The molecule has 0 bridgehead atoms. The van der Waals surface area contributed by atoms with Gasteiger partial charge in [-0.05, 0) is 36.4 Å². The molecule has 1 heterocycles. The molecule has 0 atom stereocenters. The van der Waals surface area contributed by atoms with Crippen molar-refractivity contribution in [3.63, 3.8) is 0 Å². The lowest BCUT2D eigenvalue weighted by Gasteiger charge is -2.15. The van der Waals surface area contributed by atoms with Crippen LogP contribution in [-0.4, -0.2) is 10.5 Å². The van der Waals surface area contributed by atoms with Crippen molar-refractivity contribution in [1.29, 1.82) is 0 Å². The zero-order chi connectivity index (χ0) is 19.1. The van der Waals surface area contributed by atoms with Gasteiger partial charge >= 0.3 is 12.1 Å². The Morgan fingerprint density at radius 2 is 1.85 bits per heavy atom. The second-order valence-corrected chi connectivity index (χ2v) is 5.92. The van der Waals surface area contributed by atoms with Crippen LogP contribution in [0.4, 0.5) is 13.2 Å². The minimum atomic E-state index is -4.55. The van der Waals surface area contributed by atoms with E-state index in [9.17, 15) is 22.8 Å². The SMILES string of the molecule is CC(=O)Oc1cc(=O)n(-c2cccc(C(F)(F)F)c2)c2ccc(Cl)cc12. The Labute approximate surface area is 150 Å². The number of fused-ring (bicyclic) bond motifs is 1. The number of carbonyl (C=O) groups excluding carboxylic acids is 1. The fraction of sp³-hybridized carbons (Fsp3) is 0.111. The van der Waals surface area contributed by atoms with Crippen LogP contribution in [0.15, 0.2) is 53.3 Å². The smallest absolute Gasteiger partial charge is 0.416 e. The Balaban J connectivity index is 2.33. The number of esters is 1. The van der Waals surface area contributed by atoms with Crippen LogP contribution in [0, 0.1) is 0 Å². The van der Waals surface area contributed by atoms with Crippen LogP contribution in [0.3, 0.4) is 0 Å². The molecule has 0 unspecified atom stereocenters. The van der Waals surface area contributed by atoms with Crippen LogP contribution in [0.25, 0.3) is 16.6 Å². The lowest BCUT2D eigenvalue weighted by Crippen LogP contribution is -2.20. The molecule has 8 heteroatoms. The Kier molecular flexibility index (Phi) is 4.50. The molecule has 3 rings (SSSR count). The van der Waals surface area contributed by atoms with Crippen molar-refractivity contribution in [2.75, 3.05) is 0 Å². The molecular formula is C18H11ClF3NO3. The van der Waals surface area contributed by atoms with Gasteiger partial charge in [0, 0.05) is 29.1 Å². The first-order chi connectivity index (χ1) is 12.2. The number of pyridine rings is 1. The van der Waals surface area contributed by atoms with E-state index in [4.69, 9.17) is 16.3 Å². The molecular weight excluding hydrogens is 371 g/mol. The van der Waals surface area contributed by atoms with Crippen molar-refractivity contribution in [2.24, 2.45) is 0 Å². The number of carbonyl (C=O) groups is 1. The maximum atomic E-state index is 13.0. The minimum absolute atomic E-state index is 0.0109. The number of halogens is 4. The zero-order valence-electron chi connectivity index (χ0n) is 13.3. The lowest BCUT2D eigenvalue weighted by molar-refractivity contribution is -0.137. The van der Waals surface area contributed by atoms with Crippen LogP contribution < -0.4 is 10.3 Å². The lowest BCUT2D eigenvalue weighted by atomic mass is 10.1. The highest BCUT2D eigenvalue weighted by Gasteiger charge is 2.30. The van der Waals surface area contributed by atoms with E-state index in [1.165, 1.54) is 37.3 Å². The van der Waals surface area contributed by atoms with E-state index >= 15 is 0 Å². The predicted molar refractivity (Wildman–Crippen MR) is 90.9 cm³/mol. The normalized spacial score (nSPS) is 11.6. The second kappa shape index (κ2) is 6.49. The Morgan fingerprint density at radius 1 is 1.12 bits per heavy atom. The van der Waals surface area contributed by atoms with E-state index in [-0.39, 0.29) is 17.0 Å². The summed E-state index contributed by atoms with van der Waals surface area (Å²) >= 11 is 5.97. The molecule has 3 aromatic rings. The highest BCUT2D eigenvalue weighted by atomic mass is 35.5. The third-order valence-corrected chi connectivity index (χ3v) is 3.86. The van der Waals surface area contributed by atoms with Gasteiger partial charge in [-0.15, -0.1) is 0 Å². The van der Waals surface area contributed by atoms with Crippen molar-refractivity contribution in [1.82, 2.24) is 4.57 Å². The number of nitrogens with zero attached hydrogens (tertiary/aromatic N) is 1. The van der Waals surface area contributed by atoms with E-state index in [0.29, 0.717) is 10.4 Å². The fourth-order valence-electron chi connectivity index (χ4n) is 2.60. The third kappa shape index (κ3) is 3.43. The largest absolute Gasteiger partial charge is 0.426 e. The average Bonchev–Trinajstić information content (AvgIpc) is 2.54. The molecule has 0 aliphatic heterocycles. The van der Waals surface area contributed by atoms with Gasteiger partial charge in [0.15, 0.2) is 0 Å². The van der Waals surface area contributed by atoms with Crippen LogP contribution in [0.1, 0.15) is 12.5 Å². The monoisotopic (exact) mass is 381 g/mol. The van der Waals surface area contributed by atoms with Crippen LogP contribution in [0.2, 0.25) is 5.02 Å². The summed E-state index contributed by atoms with van der Waals surface area (Å²) < 4.78 is 45.1. The highest BCUT2D eigenvalue weighted by molar-refractivity contribution is 6.31. The van der Waals surface area contributed by atoms with Gasteiger partial charge in [0.25, 0.3) is 5.56 Å². The molecule has 26 heavy (non-hydrogen) atoms. The van der Waals surface area contributed by atoms with E-state index in [2.05, 4.69) is 0 Å². The molecule has 0 saturated carbocycles. The van der Waals surface area contributed by atoms with Gasteiger partial charge in [-0.1, -0.05) is 17.7 Å². The number of aromatic nitrogens is 1. The molecule has 4 nitrogen and oxygen atoms in total. The summed E-state index contributed by atoms with van der Waals surface area (Å²) in [6, 6.07) is 9.88. The topological polar surface area (TPSA) is 48.3 Å². The molecule has 2 aromatic carbocycles. The third-order valence-electron chi connectivity index (χ3n) is 3.63. The first-order valence-corrected chi connectivity index (χ1v) is 7.76. The van der Waals surface area contributed by atoms with Crippen LogP contribution >= 0.6 is 11.6 Å². The van der Waals surface area contributed by atoms with E-state index < -0.39 is 23.3 Å². The zero-order valence-corrected chi connectivity index (χ0v) is 14.1. The number of rotatable bonds is 2. The molecule has 0 radical (unpaired) electrons. The summed E-state index contributed by atoms with van der Waals surface area (Å²) in [4.78, 5) is 23.8. The summed E-state index contributed by atoms with van der Waals surface area (Å²) in [5.41, 5.74) is -1.23. The Morgan fingerprint density at radius 3 is 2.50 bits per heavy atom. The van der Waals surface area contributed by atoms with Crippen molar-refractivity contribution >= 4 is 28.5 Å². The first-order valence-electron chi connectivity index (χ1n) is 7.38. The van der Waals surface area contributed by atoms with Crippen LogP contribution in [-0.2, 0) is 11.0 Å². The summed E-state index contributed by atoms with van der Waals surface area (Å²) in [6.07, 6.45) is -4.55. The minimum Gasteiger partial charge on any atom is -0.426 e. The summed E-state index contributed by atoms with van der Waals surface area (Å²) in [5, 5.41) is 0.643. The maximum Gasteiger partial charge on any atom is 0.416 e. The van der Waals surface area contributed by atoms with Gasteiger partial charge < -0.3 is 4.74 Å². The maximum absolute atomic E-state index is 13.0. The molecule has 1 aromatic heterocycles. The average molecular weight is 382 g/mol. The Hall–Kier alpha value is -2.80. The predicted octanol–water partition coefficient (Wildman–Crippen LogP) is 4.59. The van der Waals surface area contributed by atoms with Crippen LogP contribution in [0.5, 0.6) is 5.75 Å². The molecule has 0 amide bonds. The molecule has 134 valence electrons. The number of ether oxygens (including phenoxy) is 1. The van der Waals surface area contributed by atoms with Crippen molar-refractivity contribution in [3.8, 4) is 11.4 Å². The van der Waals surface area contributed by atoms with E-state index in [0.717, 1.165) is 22.8 Å². The van der Waals surface area contributed by atoms with Gasteiger partial charge in [0.1, 0.15) is 5.75 Å².